The zero-order valence-electron chi connectivity index (χ0n) is 14.5. The summed E-state index contributed by atoms with van der Waals surface area (Å²) in [6.45, 7) is 5.46. The summed E-state index contributed by atoms with van der Waals surface area (Å²) in [6.07, 6.45) is 3.98. The van der Waals surface area contributed by atoms with Gasteiger partial charge in [-0.2, -0.15) is 0 Å². The maximum absolute atomic E-state index is 14.1. The van der Waals surface area contributed by atoms with Crippen LogP contribution >= 0.6 is 0 Å². The summed E-state index contributed by atoms with van der Waals surface area (Å²) in [5.41, 5.74) is 5.30. The van der Waals surface area contributed by atoms with Crippen LogP contribution in [0.25, 0.3) is 0 Å². The summed E-state index contributed by atoms with van der Waals surface area (Å²) in [7, 11) is 0. The van der Waals surface area contributed by atoms with Gasteiger partial charge < -0.3 is 10.5 Å². The predicted molar refractivity (Wildman–Crippen MR) is 90.0 cm³/mol. The number of ether oxygens (including phenoxy) is 1. The third-order valence-corrected chi connectivity index (χ3v) is 4.48. The van der Waals surface area contributed by atoms with Crippen molar-refractivity contribution in [1.82, 2.24) is 0 Å². The van der Waals surface area contributed by atoms with Crippen LogP contribution in [0.1, 0.15) is 58.4 Å². The minimum Gasteiger partial charge on any atom is -0.444 e. The number of anilines is 1. The summed E-state index contributed by atoms with van der Waals surface area (Å²) in [5, 5.41) is 2.31. The Morgan fingerprint density at radius 1 is 1.25 bits per heavy atom. The average Bonchev–Trinajstić information content (AvgIpc) is 2.50. The number of halogens is 2. The lowest BCUT2D eigenvalue weighted by atomic mass is 9.69. The van der Waals surface area contributed by atoms with Gasteiger partial charge in [0.05, 0.1) is 5.69 Å². The molecule has 1 aliphatic carbocycles. The zero-order chi connectivity index (χ0) is 18.0. The molecule has 0 saturated heterocycles. The normalized spacial score (nSPS) is 17.4. The minimum absolute atomic E-state index is 0.211. The van der Waals surface area contributed by atoms with Crippen molar-refractivity contribution >= 4 is 11.8 Å². The number of carbonyl (C=O) groups is 1. The molecule has 6 heteroatoms. The highest BCUT2D eigenvalue weighted by Gasteiger charge is 2.34. The standard InChI is InChI=1S/C18H26F2N2O2/c1-17(2,3)24-16(23)22-14-10-12(9-13(19)15(14)20)18(11-21)7-5-4-6-8-18/h9-10H,4-8,11,21H2,1-3H3,(H,22,23). The van der Waals surface area contributed by atoms with Crippen LogP contribution in [0.2, 0.25) is 0 Å². The number of hydrogen-bond donors (Lipinski definition) is 2. The van der Waals surface area contributed by atoms with Crippen LogP contribution in [-0.2, 0) is 10.2 Å². The molecule has 24 heavy (non-hydrogen) atoms. The van der Waals surface area contributed by atoms with Crippen LogP contribution in [0, 0.1) is 11.6 Å². The molecule has 3 N–H and O–H groups in total. The second-order valence-corrected chi connectivity index (χ2v) is 7.49. The summed E-state index contributed by atoms with van der Waals surface area (Å²) in [5.74, 6) is -2.08. The van der Waals surface area contributed by atoms with Gasteiger partial charge in [-0.3, -0.25) is 5.32 Å². The first-order chi connectivity index (χ1) is 11.2. The van der Waals surface area contributed by atoms with E-state index < -0.39 is 23.3 Å². The SMILES string of the molecule is CC(C)(C)OC(=O)Nc1cc(C2(CN)CCCCC2)cc(F)c1F. The molecule has 0 aromatic heterocycles. The Kier molecular flexibility index (Phi) is 5.48. The lowest BCUT2D eigenvalue weighted by Crippen LogP contribution is -2.37. The number of benzene rings is 1. The first kappa shape index (κ1) is 18.6. The summed E-state index contributed by atoms with van der Waals surface area (Å²) in [6, 6.07) is 2.69. The van der Waals surface area contributed by atoms with Crippen molar-refractivity contribution in [2.24, 2.45) is 5.73 Å². The topological polar surface area (TPSA) is 64.3 Å². The Balaban J connectivity index is 2.32. The van der Waals surface area contributed by atoms with Crippen molar-refractivity contribution in [3.05, 3.63) is 29.3 Å². The fraction of sp³-hybridized carbons (Fsp3) is 0.611. The van der Waals surface area contributed by atoms with Crippen molar-refractivity contribution in [2.45, 2.75) is 63.9 Å². The Morgan fingerprint density at radius 2 is 1.88 bits per heavy atom. The van der Waals surface area contributed by atoms with Crippen molar-refractivity contribution in [1.29, 1.82) is 0 Å². The molecule has 1 aromatic carbocycles. The molecule has 0 aliphatic heterocycles. The van der Waals surface area contributed by atoms with Gasteiger partial charge in [0.25, 0.3) is 0 Å². The quantitative estimate of drug-likeness (QED) is 0.853. The lowest BCUT2D eigenvalue weighted by Gasteiger charge is -2.37. The van der Waals surface area contributed by atoms with E-state index in [-0.39, 0.29) is 11.1 Å². The molecule has 0 radical (unpaired) electrons. The monoisotopic (exact) mass is 340 g/mol. The summed E-state index contributed by atoms with van der Waals surface area (Å²) < 4.78 is 33.3. The zero-order valence-corrected chi connectivity index (χ0v) is 14.5. The molecule has 2 rings (SSSR count). The van der Waals surface area contributed by atoms with Crippen molar-refractivity contribution in [3.63, 3.8) is 0 Å². The Morgan fingerprint density at radius 3 is 2.42 bits per heavy atom. The van der Waals surface area contributed by atoms with Crippen LogP contribution < -0.4 is 11.1 Å². The largest absolute Gasteiger partial charge is 0.444 e. The number of nitrogens with two attached hydrogens (primary N) is 1. The highest BCUT2D eigenvalue weighted by atomic mass is 19.2. The maximum atomic E-state index is 14.1. The van der Waals surface area contributed by atoms with E-state index in [1.54, 1.807) is 20.8 Å². The molecule has 1 saturated carbocycles. The van der Waals surface area contributed by atoms with Gasteiger partial charge in [0.1, 0.15) is 5.60 Å². The van der Waals surface area contributed by atoms with E-state index >= 15 is 0 Å². The van der Waals surface area contributed by atoms with E-state index in [0.717, 1.165) is 32.1 Å². The number of nitrogens with one attached hydrogen (secondary N) is 1. The molecular formula is C18H26F2N2O2. The fourth-order valence-electron chi connectivity index (χ4n) is 3.24. The van der Waals surface area contributed by atoms with Crippen LogP contribution in [0.4, 0.5) is 19.3 Å². The van der Waals surface area contributed by atoms with Crippen LogP contribution in [0.15, 0.2) is 12.1 Å². The van der Waals surface area contributed by atoms with Gasteiger partial charge in [0.2, 0.25) is 0 Å². The van der Waals surface area contributed by atoms with Gasteiger partial charge >= 0.3 is 6.09 Å². The molecule has 1 fully saturated rings. The van der Waals surface area contributed by atoms with Gasteiger partial charge in [-0.05, 0) is 51.3 Å². The van der Waals surface area contributed by atoms with Crippen molar-refractivity contribution in [2.75, 3.05) is 11.9 Å². The van der Waals surface area contributed by atoms with E-state index in [0.29, 0.717) is 12.1 Å². The van der Waals surface area contributed by atoms with E-state index in [1.807, 2.05) is 0 Å². The molecule has 1 aromatic rings. The molecular weight excluding hydrogens is 314 g/mol. The Bertz CT molecular complexity index is 606. The molecule has 4 nitrogen and oxygen atoms in total. The minimum atomic E-state index is -1.09. The van der Waals surface area contributed by atoms with Crippen molar-refractivity contribution in [3.8, 4) is 0 Å². The summed E-state index contributed by atoms with van der Waals surface area (Å²) in [4.78, 5) is 11.9. The van der Waals surface area contributed by atoms with E-state index in [1.165, 1.54) is 12.1 Å². The van der Waals surface area contributed by atoms with Gasteiger partial charge in [-0.1, -0.05) is 19.3 Å². The Hall–Kier alpha value is -1.69. The van der Waals surface area contributed by atoms with Crippen LogP contribution in [0.3, 0.4) is 0 Å². The number of amides is 1. The second kappa shape index (κ2) is 7.05. The van der Waals surface area contributed by atoms with Crippen molar-refractivity contribution < 1.29 is 18.3 Å². The average molecular weight is 340 g/mol. The maximum Gasteiger partial charge on any atom is 0.412 e. The van der Waals surface area contributed by atoms with E-state index in [2.05, 4.69) is 5.32 Å². The third kappa shape index (κ3) is 4.23. The molecule has 134 valence electrons. The number of carbonyl (C=O) groups excluding carboxylic acids is 1. The molecule has 0 spiro atoms. The second-order valence-electron chi connectivity index (χ2n) is 7.49. The first-order valence-corrected chi connectivity index (χ1v) is 8.36. The summed E-state index contributed by atoms with van der Waals surface area (Å²) >= 11 is 0. The molecule has 1 amide bonds. The molecule has 0 atom stereocenters. The van der Waals surface area contributed by atoms with Gasteiger partial charge in [-0.15, -0.1) is 0 Å². The highest BCUT2D eigenvalue weighted by molar-refractivity contribution is 5.85. The molecule has 1 aliphatic rings. The van der Waals surface area contributed by atoms with Crippen LogP contribution in [0.5, 0.6) is 0 Å². The Labute approximate surface area is 141 Å². The van der Waals surface area contributed by atoms with Gasteiger partial charge in [-0.25, -0.2) is 13.6 Å². The van der Waals surface area contributed by atoms with Crippen LogP contribution in [-0.4, -0.2) is 18.2 Å². The van der Waals surface area contributed by atoms with E-state index in [4.69, 9.17) is 10.5 Å². The van der Waals surface area contributed by atoms with Gasteiger partial charge in [0, 0.05) is 12.0 Å². The predicted octanol–water partition coefficient (Wildman–Crippen LogP) is 4.47. The highest BCUT2D eigenvalue weighted by Crippen LogP contribution is 2.40. The lowest BCUT2D eigenvalue weighted by molar-refractivity contribution is 0.0635. The molecule has 0 unspecified atom stereocenters. The first-order valence-electron chi connectivity index (χ1n) is 8.36. The van der Waals surface area contributed by atoms with E-state index in [9.17, 15) is 13.6 Å². The molecule has 0 heterocycles. The third-order valence-electron chi connectivity index (χ3n) is 4.48. The van der Waals surface area contributed by atoms with Gasteiger partial charge in [0.15, 0.2) is 11.6 Å². The molecule has 0 bridgehead atoms. The number of hydrogen-bond acceptors (Lipinski definition) is 3. The smallest absolute Gasteiger partial charge is 0.412 e. The number of rotatable bonds is 3. The fourth-order valence-corrected chi connectivity index (χ4v) is 3.24.